The fraction of sp³-hybridized carbons (Fsp3) is 0. The Balaban J connectivity index is 1.84. The monoisotopic (exact) mass is 250 g/mol. The van der Waals surface area contributed by atoms with Gasteiger partial charge in [-0.1, -0.05) is 60.7 Å². The van der Waals surface area contributed by atoms with Crippen LogP contribution in [0, 0.1) is 0 Å². The van der Waals surface area contributed by atoms with Crippen LogP contribution in [-0.4, -0.2) is 5.78 Å². The van der Waals surface area contributed by atoms with Gasteiger partial charge in [-0.3, -0.25) is 4.79 Å². The molecule has 0 aliphatic carbocycles. The van der Waals surface area contributed by atoms with Gasteiger partial charge >= 0.3 is 0 Å². The van der Waals surface area contributed by atoms with E-state index in [1.807, 2.05) is 48.6 Å². The van der Waals surface area contributed by atoms with Crippen LogP contribution in [0.2, 0.25) is 0 Å². The average molecular weight is 250 g/mol. The van der Waals surface area contributed by atoms with Crippen molar-refractivity contribution in [1.82, 2.24) is 0 Å². The van der Waals surface area contributed by atoms with Crippen molar-refractivity contribution in [3.05, 3.63) is 90.4 Å². The second-order valence-corrected chi connectivity index (χ2v) is 3.86. The number of hydrogen-bond donors (Lipinski definition) is 0. The van der Waals surface area contributed by atoms with Gasteiger partial charge in [-0.15, -0.1) is 0 Å². The van der Waals surface area contributed by atoms with E-state index >= 15 is 0 Å². The standard InChI is InChI=1S/C17H14O2/c18-16(17-13-8-14-19-17)12-7-2-1-4-9-15-10-5-3-6-11-15/h1-14H/b2-1+,9-4+,12-7+. The van der Waals surface area contributed by atoms with E-state index in [-0.39, 0.29) is 5.78 Å². The Hall–Kier alpha value is -2.61. The summed E-state index contributed by atoms with van der Waals surface area (Å²) >= 11 is 0. The maximum atomic E-state index is 11.5. The highest BCUT2D eigenvalue weighted by Crippen LogP contribution is 2.02. The molecule has 94 valence electrons. The molecular weight excluding hydrogens is 236 g/mol. The largest absolute Gasteiger partial charge is 0.461 e. The topological polar surface area (TPSA) is 30.2 Å². The summed E-state index contributed by atoms with van der Waals surface area (Å²) in [5.41, 5.74) is 1.14. The van der Waals surface area contributed by atoms with Crippen molar-refractivity contribution in [2.75, 3.05) is 0 Å². The van der Waals surface area contributed by atoms with Gasteiger partial charge in [0.2, 0.25) is 5.78 Å². The SMILES string of the molecule is O=C(/C=C/C=C/C=C/c1ccccc1)c1ccco1. The molecule has 2 aromatic rings. The van der Waals surface area contributed by atoms with Crippen LogP contribution in [-0.2, 0) is 0 Å². The van der Waals surface area contributed by atoms with Crippen molar-refractivity contribution < 1.29 is 9.21 Å². The van der Waals surface area contributed by atoms with Gasteiger partial charge in [-0.2, -0.15) is 0 Å². The second kappa shape index (κ2) is 6.97. The summed E-state index contributed by atoms with van der Waals surface area (Å²) in [5.74, 6) is 0.214. The van der Waals surface area contributed by atoms with Crippen molar-refractivity contribution in [3.63, 3.8) is 0 Å². The predicted octanol–water partition coefficient (Wildman–Crippen LogP) is 4.29. The summed E-state index contributed by atoms with van der Waals surface area (Å²) in [6.07, 6.45) is 12.3. The highest BCUT2D eigenvalue weighted by molar-refractivity contribution is 6.02. The molecule has 1 aromatic heterocycles. The number of furan rings is 1. The van der Waals surface area contributed by atoms with Gasteiger partial charge in [0, 0.05) is 0 Å². The number of benzene rings is 1. The average Bonchev–Trinajstić information content (AvgIpc) is 2.98. The number of carbonyl (C=O) groups excluding carboxylic acids is 1. The van der Waals surface area contributed by atoms with E-state index in [1.165, 1.54) is 12.3 Å². The van der Waals surface area contributed by atoms with Gasteiger partial charge in [0.1, 0.15) is 0 Å². The third-order valence-electron chi connectivity index (χ3n) is 2.43. The van der Waals surface area contributed by atoms with E-state index in [9.17, 15) is 4.79 Å². The van der Waals surface area contributed by atoms with Crippen LogP contribution in [0.3, 0.4) is 0 Å². The summed E-state index contributed by atoms with van der Waals surface area (Å²) < 4.78 is 4.99. The fourth-order valence-electron chi connectivity index (χ4n) is 1.50. The molecule has 0 fully saturated rings. The van der Waals surface area contributed by atoms with E-state index in [1.54, 1.807) is 24.3 Å². The van der Waals surface area contributed by atoms with Crippen LogP contribution >= 0.6 is 0 Å². The zero-order valence-corrected chi connectivity index (χ0v) is 10.4. The zero-order valence-electron chi connectivity index (χ0n) is 10.4. The Labute approximate surface area is 112 Å². The zero-order chi connectivity index (χ0) is 13.3. The molecule has 0 spiro atoms. The highest BCUT2D eigenvalue weighted by Gasteiger charge is 2.01. The maximum Gasteiger partial charge on any atom is 0.220 e. The molecule has 0 saturated heterocycles. The normalized spacial score (nSPS) is 11.8. The Morgan fingerprint density at radius 3 is 2.42 bits per heavy atom. The molecule has 0 aliphatic rings. The molecule has 0 aliphatic heterocycles. The summed E-state index contributed by atoms with van der Waals surface area (Å²) in [6, 6.07) is 13.4. The molecule has 0 radical (unpaired) electrons. The lowest BCUT2D eigenvalue weighted by Crippen LogP contribution is -1.89. The lowest BCUT2D eigenvalue weighted by atomic mass is 10.2. The maximum absolute atomic E-state index is 11.5. The van der Waals surface area contributed by atoms with Gasteiger partial charge < -0.3 is 4.42 Å². The molecule has 1 aromatic carbocycles. The third kappa shape index (κ3) is 4.28. The number of hydrogen-bond acceptors (Lipinski definition) is 2. The molecule has 2 heteroatoms. The number of allylic oxidation sites excluding steroid dienone is 5. The lowest BCUT2D eigenvalue weighted by Gasteiger charge is -1.88. The number of rotatable bonds is 5. The van der Waals surface area contributed by atoms with Crippen molar-refractivity contribution in [3.8, 4) is 0 Å². The number of carbonyl (C=O) groups is 1. The molecule has 0 amide bonds. The van der Waals surface area contributed by atoms with Gasteiger partial charge in [-0.05, 0) is 23.8 Å². The minimum Gasteiger partial charge on any atom is -0.461 e. The van der Waals surface area contributed by atoms with E-state index < -0.39 is 0 Å². The van der Waals surface area contributed by atoms with Gasteiger partial charge in [0.25, 0.3) is 0 Å². The Bertz CT molecular complexity index is 587. The summed E-state index contributed by atoms with van der Waals surface area (Å²) in [7, 11) is 0. The first-order chi connectivity index (χ1) is 9.36. The van der Waals surface area contributed by atoms with Gasteiger partial charge in [0.05, 0.1) is 6.26 Å². The molecule has 2 nitrogen and oxygen atoms in total. The predicted molar refractivity (Wildman–Crippen MR) is 76.8 cm³/mol. The van der Waals surface area contributed by atoms with Gasteiger partial charge in [0.15, 0.2) is 5.76 Å². The van der Waals surface area contributed by atoms with E-state index in [0.717, 1.165) is 5.56 Å². The number of ketones is 1. The van der Waals surface area contributed by atoms with Gasteiger partial charge in [-0.25, -0.2) is 0 Å². The molecule has 2 rings (SSSR count). The summed E-state index contributed by atoms with van der Waals surface area (Å²) in [4.78, 5) is 11.5. The highest BCUT2D eigenvalue weighted by atomic mass is 16.3. The first-order valence-electron chi connectivity index (χ1n) is 6.00. The third-order valence-corrected chi connectivity index (χ3v) is 2.43. The van der Waals surface area contributed by atoms with Crippen molar-refractivity contribution in [1.29, 1.82) is 0 Å². The van der Waals surface area contributed by atoms with Crippen LogP contribution in [0.25, 0.3) is 6.08 Å². The molecule has 19 heavy (non-hydrogen) atoms. The Morgan fingerprint density at radius 1 is 0.895 bits per heavy atom. The minimum atomic E-state index is -0.137. The van der Waals surface area contributed by atoms with Crippen LogP contribution in [0.1, 0.15) is 16.1 Å². The quantitative estimate of drug-likeness (QED) is 0.450. The smallest absolute Gasteiger partial charge is 0.220 e. The van der Waals surface area contributed by atoms with E-state index in [4.69, 9.17) is 4.42 Å². The molecule has 0 saturated carbocycles. The molecule has 0 unspecified atom stereocenters. The Morgan fingerprint density at radius 2 is 1.68 bits per heavy atom. The fourth-order valence-corrected chi connectivity index (χ4v) is 1.50. The van der Waals surface area contributed by atoms with Crippen LogP contribution in [0.5, 0.6) is 0 Å². The summed E-state index contributed by atoms with van der Waals surface area (Å²) in [6.45, 7) is 0. The Kier molecular flexibility index (Phi) is 4.71. The van der Waals surface area contributed by atoms with Crippen LogP contribution < -0.4 is 0 Å². The minimum absolute atomic E-state index is 0.137. The van der Waals surface area contributed by atoms with Crippen molar-refractivity contribution in [2.45, 2.75) is 0 Å². The van der Waals surface area contributed by atoms with Crippen LogP contribution in [0.4, 0.5) is 0 Å². The van der Waals surface area contributed by atoms with Crippen LogP contribution in [0.15, 0.2) is 83.5 Å². The van der Waals surface area contributed by atoms with Crippen molar-refractivity contribution in [2.24, 2.45) is 0 Å². The van der Waals surface area contributed by atoms with Crippen molar-refractivity contribution >= 4 is 11.9 Å². The first kappa shape index (κ1) is 12.8. The summed E-state index contributed by atoms with van der Waals surface area (Å²) in [5, 5.41) is 0. The van der Waals surface area contributed by atoms with E-state index in [2.05, 4.69) is 0 Å². The molecule has 0 atom stereocenters. The molecular formula is C17H14O2. The second-order valence-electron chi connectivity index (χ2n) is 3.86. The van der Waals surface area contributed by atoms with E-state index in [0.29, 0.717) is 5.76 Å². The molecule has 1 heterocycles. The lowest BCUT2D eigenvalue weighted by molar-refractivity contribution is 0.102. The molecule has 0 N–H and O–H groups in total. The first-order valence-corrected chi connectivity index (χ1v) is 6.00. The molecule has 0 bridgehead atoms.